The van der Waals surface area contributed by atoms with Gasteiger partial charge in [0.15, 0.2) is 6.10 Å². The molecule has 2 aliphatic carbocycles. The highest BCUT2D eigenvalue weighted by molar-refractivity contribution is 7.16. The van der Waals surface area contributed by atoms with Gasteiger partial charge in [0.05, 0.1) is 5.56 Å². The Balaban J connectivity index is 1.70. The first-order chi connectivity index (χ1) is 11.4. The molecule has 1 atom stereocenters. The van der Waals surface area contributed by atoms with Gasteiger partial charge in [0.2, 0.25) is 5.91 Å². The zero-order valence-electron chi connectivity index (χ0n) is 14.1. The fourth-order valence-corrected chi connectivity index (χ4v) is 3.39. The molecule has 130 valence electrons. The van der Waals surface area contributed by atoms with Gasteiger partial charge in [-0.25, -0.2) is 4.79 Å². The first-order valence-corrected chi connectivity index (χ1v) is 9.10. The number of nitrogens with one attached hydrogen (secondary N) is 2. The van der Waals surface area contributed by atoms with Crippen molar-refractivity contribution in [2.45, 2.75) is 58.6 Å². The topological polar surface area (TPSA) is 84.5 Å². The van der Waals surface area contributed by atoms with E-state index in [0.29, 0.717) is 10.6 Å². The lowest BCUT2D eigenvalue weighted by Crippen LogP contribution is -2.37. The van der Waals surface area contributed by atoms with Gasteiger partial charge in [0.1, 0.15) is 5.00 Å². The van der Waals surface area contributed by atoms with Gasteiger partial charge in [0, 0.05) is 16.8 Å². The van der Waals surface area contributed by atoms with Crippen LogP contribution in [-0.2, 0) is 14.3 Å². The van der Waals surface area contributed by atoms with Crippen LogP contribution in [0.3, 0.4) is 0 Å². The summed E-state index contributed by atoms with van der Waals surface area (Å²) in [6, 6.07) is 0.220. The quantitative estimate of drug-likeness (QED) is 0.772. The van der Waals surface area contributed by atoms with E-state index in [-0.39, 0.29) is 23.8 Å². The number of thiophene rings is 1. The smallest absolute Gasteiger partial charge is 0.342 e. The molecule has 7 heteroatoms. The maximum absolute atomic E-state index is 12.5. The number of carbonyl (C=O) groups excluding carboxylic acids is 3. The van der Waals surface area contributed by atoms with E-state index in [1.54, 1.807) is 6.92 Å². The summed E-state index contributed by atoms with van der Waals surface area (Å²) in [6.07, 6.45) is 2.89. The highest BCUT2D eigenvalue weighted by atomic mass is 32.1. The lowest BCUT2D eigenvalue weighted by atomic mass is 10.1. The monoisotopic (exact) mass is 350 g/mol. The van der Waals surface area contributed by atoms with E-state index in [4.69, 9.17) is 4.74 Å². The molecule has 6 nitrogen and oxygen atoms in total. The second kappa shape index (κ2) is 6.55. The van der Waals surface area contributed by atoms with Gasteiger partial charge in [-0.15, -0.1) is 11.3 Å². The molecule has 2 amide bonds. The summed E-state index contributed by atoms with van der Waals surface area (Å²) in [7, 11) is 0. The second-order valence-corrected chi connectivity index (χ2v) is 7.81. The van der Waals surface area contributed by atoms with Gasteiger partial charge < -0.3 is 15.4 Å². The molecule has 2 saturated carbocycles. The Bertz CT molecular complexity index is 689. The number of amides is 2. The van der Waals surface area contributed by atoms with E-state index >= 15 is 0 Å². The zero-order chi connectivity index (χ0) is 17.4. The summed E-state index contributed by atoms with van der Waals surface area (Å²) in [5.41, 5.74) is 1.14. The van der Waals surface area contributed by atoms with Gasteiger partial charge in [0.25, 0.3) is 5.91 Å². The van der Waals surface area contributed by atoms with E-state index < -0.39 is 12.1 Å². The Morgan fingerprint density at radius 3 is 2.42 bits per heavy atom. The number of anilines is 1. The molecule has 0 spiro atoms. The fraction of sp³-hybridized carbons (Fsp3) is 0.588. The predicted octanol–water partition coefficient (Wildman–Crippen LogP) is 2.54. The molecule has 0 aromatic carbocycles. The van der Waals surface area contributed by atoms with Crippen molar-refractivity contribution in [3.8, 4) is 0 Å². The van der Waals surface area contributed by atoms with Crippen LogP contribution in [0, 0.1) is 19.8 Å². The third-order valence-corrected chi connectivity index (χ3v) is 5.47. The SMILES string of the molecule is Cc1sc(NC(=O)C2CC2)c(C(=O)O[C@@H](C)C(=O)NC2CC2)c1C. The standard InChI is InChI=1S/C17H22N2O4S/c1-8-10(3)24-16(19-15(21)11-4-5-11)13(8)17(22)23-9(2)14(20)18-12-6-7-12/h9,11-12H,4-7H2,1-3H3,(H,18,20)(H,19,21)/t9-/m0/s1. The van der Waals surface area contributed by atoms with Crippen molar-refractivity contribution in [2.24, 2.45) is 5.92 Å². The summed E-state index contributed by atoms with van der Waals surface area (Å²) in [6.45, 7) is 5.28. The number of hydrogen-bond donors (Lipinski definition) is 2. The number of rotatable bonds is 6. The van der Waals surface area contributed by atoms with Crippen LogP contribution in [0.5, 0.6) is 0 Å². The molecule has 0 unspecified atom stereocenters. The van der Waals surface area contributed by atoms with Gasteiger partial charge in [-0.1, -0.05) is 0 Å². The normalized spacial score (nSPS) is 18.0. The maximum atomic E-state index is 12.5. The Hall–Kier alpha value is -1.89. The van der Waals surface area contributed by atoms with Crippen molar-refractivity contribution in [2.75, 3.05) is 5.32 Å². The molecule has 2 aliphatic rings. The summed E-state index contributed by atoms with van der Waals surface area (Å²) in [4.78, 5) is 37.4. The number of esters is 1. The molecular weight excluding hydrogens is 328 g/mol. The van der Waals surface area contributed by atoms with Crippen LogP contribution >= 0.6 is 11.3 Å². The van der Waals surface area contributed by atoms with Crippen LogP contribution in [0.4, 0.5) is 5.00 Å². The van der Waals surface area contributed by atoms with E-state index in [1.165, 1.54) is 11.3 Å². The van der Waals surface area contributed by atoms with Gasteiger partial charge in [-0.2, -0.15) is 0 Å². The Morgan fingerprint density at radius 1 is 1.17 bits per heavy atom. The zero-order valence-corrected chi connectivity index (χ0v) is 14.9. The molecule has 1 aromatic rings. The Kier molecular flexibility index (Phi) is 4.62. The highest BCUT2D eigenvalue weighted by Gasteiger charge is 2.33. The van der Waals surface area contributed by atoms with Crippen molar-refractivity contribution >= 4 is 34.1 Å². The summed E-state index contributed by atoms with van der Waals surface area (Å²) in [5.74, 6) is -0.843. The van der Waals surface area contributed by atoms with Crippen molar-refractivity contribution in [3.05, 3.63) is 16.0 Å². The first-order valence-electron chi connectivity index (χ1n) is 8.29. The van der Waals surface area contributed by atoms with Crippen LogP contribution in [0.1, 0.15) is 53.4 Å². The van der Waals surface area contributed by atoms with Crippen molar-refractivity contribution in [1.29, 1.82) is 0 Å². The van der Waals surface area contributed by atoms with Crippen LogP contribution in [0.25, 0.3) is 0 Å². The fourth-order valence-electron chi connectivity index (χ4n) is 2.34. The molecule has 0 radical (unpaired) electrons. The largest absolute Gasteiger partial charge is 0.449 e. The molecule has 24 heavy (non-hydrogen) atoms. The average Bonchev–Trinajstić information content (AvgIpc) is 3.40. The minimum Gasteiger partial charge on any atom is -0.449 e. The van der Waals surface area contributed by atoms with Gasteiger partial charge >= 0.3 is 5.97 Å². The Labute approximate surface area is 145 Å². The minimum absolute atomic E-state index is 0.0511. The van der Waals surface area contributed by atoms with E-state index in [0.717, 1.165) is 36.1 Å². The molecular formula is C17H22N2O4S. The number of aryl methyl sites for hydroxylation is 1. The number of ether oxygens (including phenoxy) is 1. The van der Waals surface area contributed by atoms with Crippen LogP contribution < -0.4 is 10.6 Å². The van der Waals surface area contributed by atoms with Crippen molar-refractivity contribution in [3.63, 3.8) is 0 Å². The predicted molar refractivity (Wildman–Crippen MR) is 91.2 cm³/mol. The van der Waals surface area contributed by atoms with Gasteiger partial charge in [-0.05, 0) is 52.0 Å². The summed E-state index contributed by atoms with van der Waals surface area (Å²) < 4.78 is 5.32. The summed E-state index contributed by atoms with van der Waals surface area (Å²) >= 11 is 1.37. The third kappa shape index (κ3) is 3.77. The van der Waals surface area contributed by atoms with E-state index in [2.05, 4.69) is 10.6 Å². The minimum atomic E-state index is -0.857. The number of carbonyl (C=O) groups is 3. The van der Waals surface area contributed by atoms with Gasteiger partial charge in [-0.3, -0.25) is 9.59 Å². The Morgan fingerprint density at radius 2 is 1.83 bits per heavy atom. The molecule has 0 saturated heterocycles. The molecule has 3 rings (SSSR count). The van der Waals surface area contributed by atoms with Crippen molar-refractivity contribution < 1.29 is 19.1 Å². The third-order valence-electron chi connectivity index (χ3n) is 4.35. The van der Waals surface area contributed by atoms with Crippen LogP contribution in [0.2, 0.25) is 0 Å². The molecule has 0 aliphatic heterocycles. The second-order valence-electron chi connectivity index (χ2n) is 6.58. The molecule has 2 fully saturated rings. The average molecular weight is 350 g/mol. The highest BCUT2D eigenvalue weighted by Crippen LogP contribution is 2.36. The van der Waals surface area contributed by atoms with Crippen LogP contribution in [-0.4, -0.2) is 29.9 Å². The molecule has 1 aromatic heterocycles. The number of hydrogen-bond acceptors (Lipinski definition) is 5. The van der Waals surface area contributed by atoms with E-state index in [9.17, 15) is 14.4 Å². The molecule has 1 heterocycles. The van der Waals surface area contributed by atoms with Crippen molar-refractivity contribution in [1.82, 2.24) is 5.32 Å². The maximum Gasteiger partial charge on any atom is 0.342 e. The summed E-state index contributed by atoms with van der Waals surface area (Å²) in [5, 5.41) is 6.17. The molecule has 0 bridgehead atoms. The molecule has 2 N–H and O–H groups in total. The first kappa shape index (κ1) is 17.0. The van der Waals surface area contributed by atoms with Crippen LogP contribution in [0.15, 0.2) is 0 Å². The lowest BCUT2D eigenvalue weighted by molar-refractivity contribution is -0.129. The van der Waals surface area contributed by atoms with E-state index in [1.807, 2.05) is 13.8 Å². The lowest BCUT2D eigenvalue weighted by Gasteiger charge is -2.14.